The molecule has 3 saturated carbocycles. The molecule has 0 heterocycles. The summed E-state index contributed by atoms with van der Waals surface area (Å²) in [6.45, 7) is 7.53. The van der Waals surface area contributed by atoms with Gasteiger partial charge < -0.3 is 0 Å². The smallest absolute Gasteiger partial charge is 0.0667 e. The topological polar surface area (TPSA) is 0 Å². The Morgan fingerprint density at radius 2 is 1.87 bits per heavy atom. The molecule has 0 N–H and O–H groups in total. The van der Waals surface area contributed by atoms with Crippen LogP contribution in [-0.4, -0.2) is 7.85 Å². The molecule has 2 bridgehead atoms. The molecule has 0 saturated heterocycles. The molecule has 0 radical (unpaired) electrons. The van der Waals surface area contributed by atoms with Crippen molar-refractivity contribution in [2.45, 2.75) is 58.2 Å². The molecule has 15 heavy (non-hydrogen) atoms. The van der Waals surface area contributed by atoms with Crippen molar-refractivity contribution in [3.63, 3.8) is 0 Å². The second-order valence-corrected chi connectivity index (χ2v) is 7.73. The monoisotopic (exact) mass is 204 g/mol. The molecular formula is C14H25B. The van der Waals surface area contributed by atoms with Crippen molar-refractivity contribution in [1.82, 2.24) is 0 Å². The Balaban J connectivity index is 1.92. The van der Waals surface area contributed by atoms with Gasteiger partial charge in [0.25, 0.3) is 0 Å². The molecule has 0 aromatic rings. The zero-order chi connectivity index (χ0) is 10.8. The minimum atomic E-state index is 0.514. The van der Waals surface area contributed by atoms with Crippen LogP contribution in [0.2, 0.25) is 5.31 Å². The van der Waals surface area contributed by atoms with Crippen LogP contribution in [0, 0.1) is 29.1 Å². The highest BCUT2D eigenvalue weighted by molar-refractivity contribution is 6.15. The Kier molecular flexibility index (Phi) is 1.94. The first kappa shape index (κ1) is 10.2. The number of fused-ring (bicyclic) bond motifs is 5. The average molecular weight is 204 g/mol. The highest BCUT2D eigenvalue weighted by Crippen LogP contribution is 2.71. The van der Waals surface area contributed by atoms with E-state index in [1.807, 2.05) is 0 Å². The Morgan fingerprint density at radius 1 is 1.20 bits per heavy atom. The van der Waals surface area contributed by atoms with E-state index in [0.717, 1.165) is 23.7 Å². The minimum Gasteiger partial charge on any atom is -0.0667 e. The van der Waals surface area contributed by atoms with Gasteiger partial charge in [-0.25, -0.2) is 0 Å². The van der Waals surface area contributed by atoms with Crippen LogP contribution in [0.5, 0.6) is 0 Å². The average Bonchev–Trinajstić information content (AvgIpc) is 2.68. The van der Waals surface area contributed by atoms with Gasteiger partial charge in [-0.1, -0.05) is 32.5 Å². The first-order valence-electron chi connectivity index (χ1n) is 6.93. The fraction of sp³-hybridized carbons (Fsp3) is 1.00. The van der Waals surface area contributed by atoms with E-state index in [-0.39, 0.29) is 0 Å². The summed E-state index contributed by atoms with van der Waals surface area (Å²) in [6, 6.07) is 0. The summed E-state index contributed by atoms with van der Waals surface area (Å²) in [6.07, 6.45) is 7.75. The zero-order valence-corrected chi connectivity index (χ0v) is 10.8. The van der Waals surface area contributed by atoms with Gasteiger partial charge in [0.2, 0.25) is 0 Å². The number of rotatable bonds is 1. The fourth-order valence-electron chi connectivity index (χ4n) is 5.30. The predicted octanol–water partition coefficient (Wildman–Crippen LogP) is 3.28. The maximum Gasteiger partial charge on any atom is 0.109 e. The van der Waals surface area contributed by atoms with Gasteiger partial charge in [0.1, 0.15) is 7.85 Å². The Hall–Kier alpha value is 0.0649. The quantitative estimate of drug-likeness (QED) is 0.575. The molecule has 3 fully saturated rings. The molecule has 3 aliphatic carbocycles. The van der Waals surface area contributed by atoms with Crippen LogP contribution in [0.25, 0.3) is 0 Å². The van der Waals surface area contributed by atoms with E-state index in [2.05, 4.69) is 28.6 Å². The first-order chi connectivity index (χ1) is 6.93. The minimum absolute atomic E-state index is 0.514. The van der Waals surface area contributed by atoms with Gasteiger partial charge in [0.05, 0.1) is 0 Å². The summed E-state index contributed by atoms with van der Waals surface area (Å²) in [4.78, 5) is 0. The van der Waals surface area contributed by atoms with Gasteiger partial charge in [-0.3, -0.25) is 0 Å². The summed E-state index contributed by atoms with van der Waals surface area (Å²) < 4.78 is 0. The van der Waals surface area contributed by atoms with Gasteiger partial charge in [-0.15, -0.1) is 0 Å². The van der Waals surface area contributed by atoms with E-state index < -0.39 is 0 Å². The highest BCUT2D eigenvalue weighted by Gasteiger charge is 2.61. The van der Waals surface area contributed by atoms with Crippen molar-refractivity contribution in [1.29, 1.82) is 0 Å². The van der Waals surface area contributed by atoms with Gasteiger partial charge in [0.15, 0.2) is 0 Å². The molecule has 0 nitrogen and oxygen atoms in total. The van der Waals surface area contributed by atoms with Gasteiger partial charge in [0, 0.05) is 0 Å². The van der Waals surface area contributed by atoms with Gasteiger partial charge >= 0.3 is 0 Å². The molecule has 3 rings (SSSR count). The second-order valence-electron chi connectivity index (χ2n) is 7.73. The van der Waals surface area contributed by atoms with Crippen LogP contribution in [0.15, 0.2) is 0 Å². The standard InChI is InChI=1S/C14H25B/c1-13(2,15)14(3)8-9-7-12(14)11-6-4-5-10(9)11/h9-12H,4-8,15H2,1-3H3. The summed E-state index contributed by atoms with van der Waals surface area (Å²) in [7, 11) is 2.47. The van der Waals surface area contributed by atoms with Crippen molar-refractivity contribution in [3.8, 4) is 0 Å². The third-order valence-corrected chi connectivity index (χ3v) is 6.52. The lowest BCUT2D eigenvalue weighted by molar-refractivity contribution is 0.0632. The largest absolute Gasteiger partial charge is 0.109 e. The molecular weight excluding hydrogens is 179 g/mol. The van der Waals surface area contributed by atoms with Gasteiger partial charge in [-0.2, -0.15) is 0 Å². The molecule has 3 aliphatic rings. The summed E-state index contributed by atoms with van der Waals surface area (Å²) in [5.41, 5.74) is 0.642. The van der Waals surface area contributed by atoms with E-state index >= 15 is 0 Å². The zero-order valence-electron chi connectivity index (χ0n) is 10.8. The van der Waals surface area contributed by atoms with Crippen LogP contribution in [-0.2, 0) is 0 Å². The molecule has 1 heteroatoms. The SMILES string of the molecule is BC(C)(C)C1(C)CC2CC1C1CCCC21. The number of hydrogen-bond donors (Lipinski definition) is 0. The van der Waals surface area contributed by atoms with Crippen molar-refractivity contribution in [3.05, 3.63) is 0 Å². The second kappa shape index (κ2) is 2.84. The van der Waals surface area contributed by atoms with E-state index in [1.54, 1.807) is 19.3 Å². The lowest BCUT2D eigenvalue weighted by Gasteiger charge is -2.49. The van der Waals surface area contributed by atoms with Crippen molar-refractivity contribution in [2.75, 3.05) is 0 Å². The van der Waals surface area contributed by atoms with E-state index in [0.29, 0.717) is 10.7 Å². The molecule has 0 aromatic heterocycles. The molecule has 0 aromatic carbocycles. The first-order valence-corrected chi connectivity index (χ1v) is 6.93. The molecule has 0 spiro atoms. The van der Waals surface area contributed by atoms with Crippen LogP contribution >= 0.6 is 0 Å². The lowest BCUT2D eigenvalue weighted by atomic mass is 9.48. The normalized spacial score (nSPS) is 53.5. The fourth-order valence-corrected chi connectivity index (χ4v) is 5.30. The summed E-state index contributed by atoms with van der Waals surface area (Å²) in [5, 5.41) is 0.514. The number of hydrogen-bond acceptors (Lipinski definition) is 0. The highest BCUT2D eigenvalue weighted by atomic mass is 14.7. The molecule has 0 amide bonds. The van der Waals surface area contributed by atoms with Gasteiger partial charge in [-0.05, 0) is 54.8 Å². The molecule has 84 valence electrons. The van der Waals surface area contributed by atoms with Crippen LogP contribution in [0.3, 0.4) is 0 Å². The molecule has 0 aliphatic heterocycles. The van der Waals surface area contributed by atoms with Crippen LogP contribution in [0.4, 0.5) is 0 Å². The van der Waals surface area contributed by atoms with Crippen molar-refractivity contribution >= 4 is 7.85 Å². The molecule has 5 atom stereocenters. The third-order valence-electron chi connectivity index (χ3n) is 6.52. The van der Waals surface area contributed by atoms with E-state index in [9.17, 15) is 0 Å². The van der Waals surface area contributed by atoms with E-state index in [4.69, 9.17) is 0 Å². The van der Waals surface area contributed by atoms with Crippen molar-refractivity contribution in [2.24, 2.45) is 29.1 Å². The lowest BCUT2D eigenvalue weighted by Crippen LogP contribution is -2.40. The van der Waals surface area contributed by atoms with Crippen LogP contribution in [0.1, 0.15) is 52.9 Å². The maximum absolute atomic E-state index is 2.59. The Bertz CT molecular complexity index is 278. The predicted molar refractivity (Wildman–Crippen MR) is 67.7 cm³/mol. The van der Waals surface area contributed by atoms with Crippen molar-refractivity contribution < 1.29 is 0 Å². The summed E-state index contributed by atoms with van der Waals surface area (Å²) in [5.74, 6) is 4.43. The third kappa shape index (κ3) is 1.16. The van der Waals surface area contributed by atoms with E-state index in [1.165, 1.54) is 12.8 Å². The van der Waals surface area contributed by atoms with Crippen LogP contribution < -0.4 is 0 Å². The maximum atomic E-state index is 2.59. The summed E-state index contributed by atoms with van der Waals surface area (Å²) >= 11 is 0. The Labute approximate surface area is 95.6 Å². The Morgan fingerprint density at radius 3 is 2.53 bits per heavy atom. The molecule has 5 unspecified atom stereocenters.